The molecule has 1 unspecified atom stereocenters. The number of rotatable bonds is 13. The van der Waals surface area contributed by atoms with Gasteiger partial charge in [-0.3, -0.25) is 13.9 Å². The Morgan fingerprint density at radius 1 is 0.800 bits per heavy atom. The highest BCUT2D eigenvalue weighted by atomic mass is 35.5. The van der Waals surface area contributed by atoms with Gasteiger partial charge in [-0.1, -0.05) is 98.2 Å². The maximum atomic E-state index is 14.6. The third kappa shape index (κ3) is 8.74. The molecule has 0 aromatic heterocycles. The summed E-state index contributed by atoms with van der Waals surface area (Å²) in [6.07, 6.45) is 0.249. The third-order valence-electron chi connectivity index (χ3n) is 7.68. The zero-order valence-corrected chi connectivity index (χ0v) is 27.7. The third-order valence-corrected chi connectivity index (χ3v) is 9.70. The van der Waals surface area contributed by atoms with Gasteiger partial charge in [0.25, 0.3) is 10.0 Å². The Hall–Kier alpha value is -4.14. The first-order valence-corrected chi connectivity index (χ1v) is 16.8. The molecule has 0 fully saturated rings. The average Bonchev–Trinajstić information content (AvgIpc) is 3.03. The fourth-order valence-electron chi connectivity index (χ4n) is 5.00. The van der Waals surface area contributed by atoms with E-state index in [1.165, 1.54) is 17.0 Å². The molecule has 9 heteroatoms. The van der Waals surface area contributed by atoms with Crippen LogP contribution in [0.5, 0.6) is 0 Å². The summed E-state index contributed by atoms with van der Waals surface area (Å²) >= 11 is 6.16. The van der Waals surface area contributed by atoms with E-state index >= 15 is 0 Å². The Bertz CT molecular complexity index is 1700. The van der Waals surface area contributed by atoms with E-state index in [0.717, 1.165) is 26.6 Å². The molecule has 45 heavy (non-hydrogen) atoms. The molecule has 0 heterocycles. The number of benzene rings is 4. The Balaban J connectivity index is 1.82. The van der Waals surface area contributed by atoms with Gasteiger partial charge >= 0.3 is 0 Å². The fourth-order valence-corrected chi connectivity index (χ4v) is 6.62. The molecule has 1 atom stereocenters. The topological polar surface area (TPSA) is 86.8 Å². The van der Waals surface area contributed by atoms with Crippen molar-refractivity contribution in [3.8, 4) is 0 Å². The monoisotopic (exact) mass is 645 g/mol. The number of anilines is 1. The summed E-state index contributed by atoms with van der Waals surface area (Å²) in [5.74, 6) is -0.618. The van der Waals surface area contributed by atoms with Crippen LogP contribution < -0.4 is 9.62 Å². The number of nitrogens with zero attached hydrogens (tertiary/aromatic N) is 2. The molecule has 0 radical (unpaired) electrons. The van der Waals surface area contributed by atoms with Gasteiger partial charge in [-0.2, -0.15) is 0 Å². The second kappa shape index (κ2) is 15.2. The second-order valence-electron chi connectivity index (χ2n) is 11.5. The molecule has 0 bridgehead atoms. The molecule has 2 amide bonds. The number of halogens is 1. The second-order valence-corrected chi connectivity index (χ2v) is 13.8. The zero-order valence-electron chi connectivity index (χ0n) is 26.1. The SMILES string of the molecule is Cc1cccc(N(CC(=O)N(Cc2ccc(Cl)cc2)C(Cc2ccccc2)C(=O)NCC(C)C)S(=O)(=O)c2ccccc2)c1C. The summed E-state index contributed by atoms with van der Waals surface area (Å²) in [6, 6.07) is 29.1. The van der Waals surface area contributed by atoms with Crippen LogP contribution >= 0.6 is 11.6 Å². The molecule has 7 nitrogen and oxygen atoms in total. The summed E-state index contributed by atoms with van der Waals surface area (Å²) < 4.78 is 29.5. The Labute approximate surface area is 271 Å². The molecular formula is C36H40ClN3O4S. The van der Waals surface area contributed by atoms with E-state index in [4.69, 9.17) is 11.6 Å². The van der Waals surface area contributed by atoms with Crippen molar-refractivity contribution in [3.63, 3.8) is 0 Å². The fraction of sp³-hybridized carbons (Fsp3) is 0.278. The number of amides is 2. The lowest BCUT2D eigenvalue weighted by Gasteiger charge is -2.34. The molecule has 0 aliphatic heterocycles. The van der Waals surface area contributed by atoms with Crippen molar-refractivity contribution in [1.29, 1.82) is 0 Å². The molecule has 1 N–H and O–H groups in total. The van der Waals surface area contributed by atoms with Crippen LogP contribution in [0, 0.1) is 19.8 Å². The first-order valence-electron chi connectivity index (χ1n) is 15.0. The summed E-state index contributed by atoms with van der Waals surface area (Å²) in [6.45, 7) is 7.75. The maximum absolute atomic E-state index is 14.6. The van der Waals surface area contributed by atoms with E-state index in [9.17, 15) is 18.0 Å². The number of carbonyl (C=O) groups is 2. The van der Waals surface area contributed by atoms with Crippen LogP contribution in [-0.4, -0.2) is 44.3 Å². The van der Waals surface area contributed by atoms with Gasteiger partial charge in [0, 0.05) is 24.5 Å². The van der Waals surface area contributed by atoms with Crippen LogP contribution in [0.3, 0.4) is 0 Å². The van der Waals surface area contributed by atoms with Crippen LogP contribution in [0.15, 0.2) is 108 Å². The normalized spacial score (nSPS) is 12.0. The van der Waals surface area contributed by atoms with Crippen molar-refractivity contribution in [3.05, 3.63) is 130 Å². The lowest BCUT2D eigenvalue weighted by Crippen LogP contribution is -2.53. The van der Waals surface area contributed by atoms with E-state index < -0.39 is 28.5 Å². The van der Waals surface area contributed by atoms with E-state index in [1.54, 1.807) is 54.6 Å². The van der Waals surface area contributed by atoms with Crippen LogP contribution in [0.4, 0.5) is 5.69 Å². The van der Waals surface area contributed by atoms with Crippen molar-refractivity contribution in [1.82, 2.24) is 10.2 Å². The standard InChI is InChI=1S/C36H40ClN3O4S/c1-26(2)23-38-36(42)34(22-29-13-7-5-8-14-29)39(24-30-18-20-31(37)21-19-30)35(41)25-40(33-17-11-12-27(3)28(33)4)45(43,44)32-15-9-6-10-16-32/h5-21,26,34H,22-25H2,1-4H3,(H,38,42). The Morgan fingerprint density at radius 3 is 2.04 bits per heavy atom. The van der Waals surface area contributed by atoms with E-state index in [2.05, 4.69) is 5.32 Å². The molecule has 0 spiro atoms. The number of aryl methyl sites for hydroxylation is 1. The Morgan fingerprint density at radius 2 is 1.42 bits per heavy atom. The highest BCUT2D eigenvalue weighted by Gasteiger charge is 2.35. The van der Waals surface area contributed by atoms with Crippen LogP contribution in [0.1, 0.15) is 36.1 Å². The van der Waals surface area contributed by atoms with Gasteiger partial charge in [-0.05, 0) is 72.4 Å². The number of hydrogen-bond donors (Lipinski definition) is 1. The number of nitrogens with one attached hydrogen (secondary N) is 1. The van der Waals surface area contributed by atoms with Crippen molar-refractivity contribution in [2.45, 2.75) is 51.6 Å². The molecular weight excluding hydrogens is 606 g/mol. The molecule has 0 aliphatic rings. The van der Waals surface area contributed by atoms with Gasteiger partial charge in [-0.25, -0.2) is 8.42 Å². The van der Waals surface area contributed by atoms with Crippen molar-refractivity contribution >= 4 is 39.1 Å². The largest absolute Gasteiger partial charge is 0.354 e. The summed E-state index contributed by atoms with van der Waals surface area (Å²) in [7, 11) is -4.16. The molecule has 0 saturated heterocycles. The Kier molecular flexibility index (Phi) is 11.4. The first kappa shape index (κ1) is 33.7. The zero-order chi connectivity index (χ0) is 32.6. The summed E-state index contributed by atoms with van der Waals surface area (Å²) in [5, 5.41) is 3.55. The summed E-state index contributed by atoms with van der Waals surface area (Å²) in [4.78, 5) is 30.0. The number of sulfonamides is 1. The van der Waals surface area contributed by atoms with E-state index in [0.29, 0.717) is 17.3 Å². The van der Waals surface area contributed by atoms with Crippen molar-refractivity contribution in [2.24, 2.45) is 5.92 Å². The molecule has 4 rings (SSSR count). The lowest BCUT2D eigenvalue weighted by atomic mass is 10.0. The van der Waals surface area contributed by atoms with Gasteiger partial charge in [0.15, 0.2) is 0 Å². The molecule has 0 saturated carbocycles. The van der Waals surface area contributed by atoms with Gasteiger partial charge in [0.05, 0.1) is 10.6 Å². The minimum atomic E-state index is -4.16. The van der Waals surface area contributed by atoms with Crippen LogP contribution in [0.25, 0.3) is 0 Å². The highest BCUT2D eigenvalue weighted by Crippen LogP contribution is 2.29. The van der Waals surface area contributed by atoms with Gasteiger partial charge in [-0.15, -0.1) is 0 Å². The average molecular weight is 646 g/mol. The molecule has 4 aromatic carbocycles. The van der Waals surface area contributed by atoms with Gasteiger partial charge < -0.3 is 10.2 Å². The van der Waals surface area contributed by atoms with Gasteiger partial charge in [0.1, 0.15) is 12.6 Å². The first-order chi connectivity index (χ1) is 21.5. The molecule has 0 aliphatic carbocycles. The minimum Gasteiger partial charge on any atom is -0.354 e. The summed E-state index contributed by atoms with van der Waals surface area (Å²) in [5.41, 5.74) is 3.67. The maximum Gasteiger partial charge on any atom is 0.264 e. The van der Waals surface area contributed by atoms with E-state index in [1.807, 2.05) is 64.1 Å². The smallest absolute Gasteiger partial charge is 0.264 e. The lowest BCUT2D eigenvalue weighted by molar-refractivity contribution is -0.140. The van der Waals surface area contributed by atoms with Crippen molar-refractivity contribution in [2.75, 3.05) is 17.4 Å². The molecule has 4 aromatic rings. The quantitative estimate of drug-likeness (QED) is 0.178. The van der Waals surface area contributed by atoms with Crippen molar-refractivity contribution < 1.29 is 18.0 Å². The van der Waals surface area contributed by atoms with Crippen LogP contribution in [-0.2, 0) is 32.6 Å². The molecule has 236 valence electrons. The number of hydrogen-bond acceptors (Lipinski definition) is 4. The number of carbonyl (C=O) groups excluding carboxylic acids is 2. The van der Waals surface area contributed by atoms with E-state index in [-0.39, 0.29) is 29.7 Å². The van der Waals surface area contributed by atoms with Gasteiger partial charge in [0.2, 0.25) is 11.8 Å². The minimum absolute atomic E-state index is 0.0680. The van der Waals surface area contributed by atoms with Crippen LogP contribution in [0.2, 0.25) is 5.02 Å². The predicted molar refractivity (Wildman–Crippen MR) is 181 cm³/mol. The predicted octanol–water partition coefficient (Wildman–Crippen LogP) is 6.56. The highest BCUT2D eigenvalue weighted by molar-refractivity contribution is 7.92.